The van der Waals surface area contributed by atoms with Gasteiger partial charge in [-0.05, 0) is 49.9 Å². The molecule has 2 rings (SSSR count). The first-order valence-electron chi connectivity index (χ1n) is 10.3. The lowest BCUT2D eigenvalue weighted by Crippen LogP contribution is -2.51. The van der Waals surface area contributed by atoms with Gasteiger partial charge in [-0.2, -0.15) is 0 Å². The Morgan fingerprint density at radius 1 is 0.967 bits per heavy atom. The fourth-order valence-corrected chi connectivity index (χ4v) is 3.50. The molecular weight excluding hydrogens is 419 g/mol. The van der Waals surface area contributed by atoms with E-state index in [0.717, 1.165) is 23.1 Å². The Balaban J connectivity index is 2.30. The van der Waals surface area contributed by atoms with E-state index in [4.69, 9.17) is 23.2 Å². The molecule has 0 fully saturated rings. The average molecular weight is 449 g/mol. The Morgan fingerprint density at radius 3 is 2.17 bits per heavy atom. The predicted octanol–water partition coefficient (Wildman–Crippen LogP) is 5.57. The molecule has 0 saturated heterocycles. The van der Waals surface area contributed by atoms with E-state index < -0.39 is 6.04 Å². The van der Waals surface area contributed by atoms with Gasteiger partial charge in [0.1, 0.15) is 6.04 Å². The first kappa shape index (κ1) is 24.2. The highest BCUT2D eigenvalue weighted by Gasteiger charge is 2.29. The fourth-order valence-electron chi connectivity index (χ4n) is 3.18. The van der Waals surface area contributed by atoms with Crippen LogP contribution in [0.1, 0.15) is 50.3 Å². The summed E-state index contributed by atoms with van der Waals surface area (Å²) < 4.78 is 0. The summed E-state index contributed by atoms with van der Waals surface area (Å²) in [5, 5.41) is 3.88. The van der Waals surface area contributed by atoms with Crippen molar-refractivity contribution in [2.24, 2.45) is 0 Å². The van der Waals surface area contributed by atoms with Gasteiger partial charge in [0, 0.05) is 12.6 Å². The minimum Gasteiger partial charge on any atom is -0.352 e. The number of carbonyl (C=O) groups excluding carboxylic acids is 2. The molecule has 0 radical (unpaired) electrons. The smallest absolute Gasteiger partial charge is 0.243 e. The summed E-state index contributed by atoms with van der Waals surface area (Å²) in [6, 6.07) is 12.7. The summed E-state index contributed by atoms with van der Waals surface area (Å²) >= 11 is 12.1. The molecule has 0 heterocycles. The van der Waals surface area contributed by atoms with Crippen molar-refractivity contribution in [2.75, 3.05) is 0 Å². The predicted molar refractivity (Wildman–Crippen MR) is 124 cm³/mol. The number of benzene rings is 2. The Hall–Kier alpha value is -2.04. The number of hydrogen-bond acceptors (Lipinski definition) is 2. The average Bonchev–Trinajstić information content (AvgIpc) is 2.71. The van der Waals surface area contributed by atoms with E-state index in [2.05, 4.69) is 5.32 Å². The topological polar surface area (TPSA) is 49.4 Å². The molecule has 4 nitrogen and oxygen atoms in total. The van der Waals surface area contributed by atoms with Gasteiger partial charge in [-0.3, -0.25) is 9.59 Å². The normalized spacial score (nSPS) is 12.9. The zero-order valence-corrected chi connectivity index (χ0v) is 19.6. The fraction of sp³-hybridized carbons (Fsp3) is 0.417. The number of hydrogen-bond donors (Lipinski definition) is 1. The maximum Gasteiger partial charge on any atom is 0.243 e. The molecule has 162 valence electrons. The molecular formula is C24H30Cl2N2O2. The summed E-state index contributed by atoms with van der Waals surface area (Å²) in [5.74, 6) is -0.249. The number of aryl methyl sites for hydroxylation is 1. The van der Waals surface area contributed by atoms with E-state index >= 15 is 0 Å². The van der Waals surface area contributed by atoms with Crippen LogP contribution in [0.4, 0.5) is 0 Å². The Morgan fingerprint density at radius 2 is 1.60 bits per heavy atom. The molecule has 0 aromatic heterocycles. The van der Waals surface area contributed by atoms with Crippen LogP contribution in [-0.2, 0) is 22.6 Å². The molecule has 0 spiro atoms. The van der Waals surface area contributed by atoms with E-state index in [0.29, 0.717) is 23.0 Å². The maximum atomic E-state index is 13.3. The van der Waals surface area contributed by atoms with Crippen LogP contribution in [0.15, 0.2) is 42.5 Å². The van der Waals surface area contributed by atoms with E-state index in [1.54, 1.807) is 23.1 Å². The first-order valence-corrected chi connectivity index (χ1v) is 11.1. The molecule has 2 atom stereocenters. The van der Waals surface area contributed by atoms with Crippen LogP contribution in [0.3, 0.4) is 0 Å². The van der Waals surface area contributed by atoms with Crippen molar-refractivity contribution in [1.29, 1.82) is 0 Å². The van der Waals surface area contributed by atoms with Crippen molar-refractivity contribution in [1.82, 2.24) is 10.2 Å². The largest absolute Gasteiger partial charge is 0.352 e. The first-order chi connectivity index (χ1) is 14.2. The second-order valence-electron chi connectivity index (χ2n) is 7.67. The van der Waals surface area contributed by atoms with Gasteiger partial charge in [0.25, 0.3) is 0 Å². The lowest BCUT2D eigenvalue weighted by Gasteiger charge is -2.31. The maximum absolute atomic E-state index is 13.3. The van der Waals surface area contributed by atoms with Crippen molar-refractivity contribution < 1.29 is 9.59 Å². The summed E-state index contributed by atoms with van der Waals surface area (Å²) in [6.45, 7) is 8.30. The van der Waals surface area contributed by atoms with Crippen LogP contribution in [0, 0.1) is 6.92 Å². The van der Waals surface area contributed by atoms with Gasteiger partial charge >= 0.3 is 0 Å². The van der Waals surface area contributed by atoms with Gasteiger partial charge in [0.05, 0.1) is 16.5 Å². The Kier molecular flexibility index (Phi) is 9.19. The van der Waals surface area contributed by atoms with E-state index in [1.807, 2.05) is 52.0 Å². The minimum absolute atomic E-state index is 0.0537. The van der Waals surface area contributed by atoms with Gasteiger partial charge in [-0.1, -0.05) is 72.9 Å². The molecule has 1 N–H and O–H groups in total. The zero-order chi connectivity index (χ0) is 22.3. The van der Waals surface area contributed by atoms with E-state index in [9.17, 15) is 9.59 Å². The lowest BCUT2D eigenvalue weighted by molar-refractivity contribution is -0.141. The van der Waals surface area contributed by atoms with Crippen LogP contribution in [0.25, 0.3) is 0 Å². The highest BCUT2D eigenvalue weighted by atomic mass is 35.5. The molecule has 0 saturated carbocycles. The van der Waals surface area contributed by atoms with Crippen LogP contribution in [-0.4, -0.2) is 28.8 Å². The second kappa shape index (κ2) is 11.4. The summed E-state index contributed by atoms with van der Waals surface area (Å²) in [5.41, 5.74) is 2.90. The Bertz CT molecular complexity index is 868. The number of halogens is 2. The second-order valence-corrected chi connectivity index (χ2v) is 8.49. The number of nitrogens with one attached hydrogen (secondary N) is 1. The van der Waals surface area contributed by atoms with Crippen LogP contribution >= 0.6 is 23.2 Å². The quantitative estimate of drug-likeness (QED) is 0.545. The van der Waals surface area contributed by atoms with E-state index in [1.165, 1.54) is 0 Å². The van der Waals surface area contributed by atoms with Gasteiger partial charge in [-0.25, -0.2) is 0 Å². The molecule has 0 bridgehead atoms. The third-order valence-electron chi connectivity index (χ3n) is 5.20. The third kappa shape index (κ3) is 6.75. The molecule has 0 aliphatic rings. The van der Waals surface area contributed by atoms with Gasteiger partial charge < -0.3 is 10.2 Å². The number of carbonyl (C=O) groups is 2. The number of rotatable bonds is 9. The molecule has 6 heteroatoms. The number of nitrogens with zero attached hydrogens (tertiary/aromatic N) is 1. The number of amides is 2. The molecule has 2 amide bonds. The summed E-state index contributed by atoms with van der Waals surface area (Å²) in [6.07, 6.45) is 1.51. The zero-order valence-electron chi connectivity index (χ0n) is 18.0. The SMILES string of the molecule is CC[C@H](C(=O)N[C@@H](C)CC)N(Cc1ccc(C)cc1)C(=O)Cc1ccc(Cl)c(Cl)c1. The van der Waals surface area contributed by atoms with Crippen molar-refractivity contribution >= 4 is 35.0 Å². The van der Waals surface area contributed by atoms with Gasteiger partial charge in [0.2, 0.25) is 11.8 Å². The van der Waals surface area contributed by atoms with Crippen molar-refractivity contribution in [3.8, 4) is 0 Å². The highest BCUT2D eigenvalue weighted by Crippen LogP contribution is 2.23. The van der Waals surface area contributed by atoms with Crippen molar-refractivity contribution in [3.05, 3.63) is 69.2 Å². The molecule has 2 aromatic rings. The minimum atomic E-state index is -0.546. The third-order valence-corrected chi connectivity index (χ3v) is 5.94. The van der Waals surface area contributed by atoms with Crippen LogP contribution in [0.5, 0.6) is 0 Å². The molecule has 0 aliphatic heterocycles. The monoisotopic (exact) mass is 448 g/mol. The van der Waals surface area contributed by atoms with E-state index in [-0.39, 0.29) is 24.3 Å². The van der Waals surface area contributed by atoms with Crippen molar-refractivity contribution in [2.45, 2.75) is 65.6 Å². The van der Waals surface area contributed by atoms with Crippen molar-refractivity contribution in [3.63, 3.8) is 0 Å². The lowest BCUT2D eigenvalue weighted by atomic mass is 10.1. The standard InChI is InChI=1S/C24H30Cl2N2O2/c1-5-17(4)27-24(30)22(6-2)28(15-18-9-7-16(3)8-10-18)23(29)14-19-11-12-20(25)21(26)13-19/h7-13,17,22H,5-6,14-15H2,1-4H3,(H,27,30)/t17-,22+/m0/s1. The van der Waals surface area contributed by atoms with Gasteiger partial charge in [-0.15, -0.1) is 0 Å². The molecule has 2 aromatic carbocycles. The Labute approximate surface area is 189 Å². The van der Waals surface area contributed by atoms with Gasteiger partial charge in [0.15, 0.2) is 0 Å². The molecule has 0 aliphatic carbocycles. The summed E-state index contributed by atoms with van der Waals surface area (Å²) in [7, 11) is 0. The van der Waals surface area contributed by atoms with Crippen LogP contribution in [0.2, 0.25) is 10.0 Å². The highest BCUT2D eigenvalue weighted by molar-refractivity contribution is 6.42. The summed E-state index contributed by atoms with van der Waals surface area (Å²) in [4.78, 5) is 27.9. The molecule has 30 heavy (non-hydrogen) atoms. The van der Waals surface area contributed by atoms with Crippen LogP contribution < -0.4 is 5.32 Å². The molecule has 0 unspecified atom stereocenters.